The van der Waals surface area contributed by atoms with Gasteiger partial charge in [0.15, 0.2) is 0 Å². The maximum Gasteiger partial charge on any atom is 0.0734 e. The van der Waals surface area contributed by atoms with Crippen molar-refractivity contribution in [1.29, 1.82) is 0 Å². The lowest BCUT2D eigenvalue weighted by Gasteiger charge is -2.18. The fourth-order valence-corrected chi connectivity index (χ4v) is 2.53. The van der Waals surface area contributed by atoms with E-state index in [0.717, 1.165) is 31.7 Å². The van der Waals surface area contributed by atoms with E-state index in [-0.39, 0.29) is 0 Å². The average molecular weight is 283 g/mol. The molecule has 1 aromatic heterocycles. The van der Waals surface area contributed by atoms with Crippen LogP contribution < -0.4 is 5.73 Å². The molecule has 21 heavy (non-hydrogen) atoms. The van der Waals surface area contributed by atoms with Gasteiger partial charge in [0.25, 0.3) is 0 Å². The van der Waals surface area contributed by atoms with Crippen LogP contribution in [0.5, 0.6) is 0 Å². The van der Waals surface area contributed by atoms with Crippen molar-refractivity contribution >= 4 is 0 Å². The van der Waals surface area contributed by atoms with Crippen LogP contribution in [0, 0.1) is 0 Å². The number of pyridine rings is 1. The van der Waals surface area contributed by atoms with Gasteiger partial charge in [0.1, 0.15) is 0 Å². The monoisotopic (exact) mass is 283 g/mol. The van der Waals surface area contributed by atoms with E-state index in [2.05, 4.69) is 54.1 Å². The Hall–Kier alpha value is -1.71. The van der Waals surface area contributed by atoms with Crippen molar-refractivity contribution in [2.24, 2.45) is 5.73 Å². The van der Waals surface area contributed by atoms with Crippen LogP contribution >= 0.6 is 0 Å². The van der Waals surface area contributed by atoms with Crippen LogP contribution in [0.2, 0.25) is 0 Å². The Morgan fingerprint density at radius 3 is 2.38 bits per heavy atom. The molecule has 0 spiro atoms. The highest BCUT2D eigenvalue weighted by Crippen LogP contribution is 2.22. The van der Waals surface area contributed by atoms with Crippen LogP contribution in [0.25, 0.3) is 11.3 Å². The van der Waals surface area contributed by atoms with Crippen molar-refractivity contribution in [2.75, 3.05) is 19.6 Å². The molecular formula is C18H25N3. The van der Waals surface area contributed by atoms with Gasteiger partial charge in [-0.25, -0.2) is 0 Å². The smallest absolute Gasteiger partial charge is 0.0734 e. The molecule has 0 saturated heterocycles. The van der Waals surface area contributed by atoms with Crippen molar-refractivity contribution < 1.29 is 0 Å². The SMILES string of the molecule is CCN(CC)Cc1ccc(-c2ncccc2CCN)cc1. The number of rotatable bonds is 7. The normalized spacial score (nSPS) is 11.0. The molecule has 0 aliphatic rings. The molecule has 2 N–H and O–H groups in total. The van der Waals surface area contributed by atoms with Gasteiger partial charge < -0.3 is 5.73 Å². The van der Waals surface area contributed by atoms with Crippen LogP contribution in [-0.2, 0) is 13.0 Å². The summed E-state index contributed by atoms with van der Waals surface area (Å²) in [6, 6.07) is 12.8. The maximum absolute atomic E-state index is 5.68. The van der Waals surface area contributed by atoms with Crippen molar-refractivity contribution in [1.82, 2.24) is 9.88 Å². The number of nitrogens with zero attached hydrogens (tertiary/aromatic N) is 2. The summed E-state index contributed by atoms with van der Waals surface area (Å²) in [7, 11) is 0. The molecule has 0 saturated carbocycles. The van der Waals surface area contributed by atoms with Gasteiger partial charge in [-0.15, -0.1) is 0 Å². The average Bonchev–Trinajstić information content (AvgIpc) is 2.54. The van der Waals surface area contributed by atoms with E-state index < -0.39 is 0 Å². The molecule has 3 nitrogen and oxygen atoms in total. The zero-order valence-corrected chi connectivity index (χ0v) is 13.0. The summed E-state index contributed by atoms with van der Waals surface area (Å²) < 4.78 is 0. The van der Waals surface area contributed by atoms with Gasteiger partial charge in [-0.05, 0) is 43.2 Å². The lowest BCUT2D eigenvalue weighted by atomic mass is 10.0. The zero-order chi connectivity index (χ0) is 15.1. The predicted molar refractivity (Wildman–Crippen MR) is 89.1 cm³/mol. The maximum atomic E-state index is 5.68. The number of hydrogen-bond donors (Lipinski definition) is 1. The Morgan fingerprint density at radius 2 is 1.76 bits per heavy atom. The largest absolute Gasteiger partial charge is 0.330 e. The molecule has 112 valence electrons. The summed E-state index contributed by atoms with van der Waals surface area (Å²) >= 11 is 0. The summed E-state index contributed by atoms with van der Waals surface area (Å²) in [5, 5.41) is 0. The Bertz CT molecular complexity index is 545. The van der Waals surface area contributed by atoms with Crippen molar-refractivity contribution in [2.45, 2.75) is 26.8 Å². The Balaban J connectivity index is 2.19. The minimum atomic E-state index is 0.652. The van der Waals surface area contributed by atoms with Gasteiger partial charge >= 0.3 is 0 Å². The summed E-state index contributed by atoms with van der Waals surface area (Å²) in [4.78, 5) is 6.94. The molecule has 0 aliphatic heterocycles. The van der Waals surface area contributed by atoms with Crippen molar-refractivity contribution in [3.8, 4) is 11.3 Å². The van der Waals surface area contributed by atoms with E-state index in [1.54, 1.807) is 0 Å². The minimum absolute atomic E-state index is 0.652. The van der Waals surface area contributed by atoms with Gasteiger partial charge in [-0.3, -0.25) is 9.88 Å². The summed E-state index contributed by atoms with van der Waals surface area (Å²) in [5.74, 6) is 0. The number of nitrogens with two attached hydrogens (primary N) is 1. The lowest BCUT2D eigenvalue weighted by Crippen LogP contribution is -2.21. The zero-order valence-electron chi connectivity index (χ0n) is 13.0. The Kier molecular flexibility index (Phi) is 5.90. The van der Waals surface area contributed by atoms with Gasteiger partial charge in [-0.2, -0.15) is 0 Å². The van der Waals surface area contributed by atoms with E-state index in [1.807, 2.05) is 12.3 Å². The summed E-state index contributed by atoms with van der Waals surface area (Å²) in [6.07, 6.45) is 2.71. The van der Waals surface area contributed by atoms with Crippen LogP contribution in [-0.4, -0.2) is 29.5 Å². The fourth-order valence-electron chi connectivity index (χ4n) is 2.53. The van der Waals surface area contributed by atoms with Crippen molar-refractivity contribution in [3.63, 3.8) is 0 Å². The molecule has 2 aromatic rings. The first kappa shape index (κ1) is 15.7. The molecule has 0 bridgehead atoms. The molecule has 0 fully saturated rings. The van der Waals surface area contributed by atoms with E-state index in [1.165, 1.54) is 16.7 Å². The molecule has 0 amide bonds. The first-order valence-corrected chi connectivity index (χ1v) is 7.74. The molecule has 1 heterocycles. The lowest BCUT2D eigenvalue weighted by molar-refractivity contribution is 0.296. The fraction of sp³-hybridized carbons (Fsp3) is 0.389. The van der Waals surface area contributed by atoms with Gasteiger partial charge in [-0.1, -0.05) is 44.2 Å². The molecule has 0 aliphatic carbocycles. The summed E-state index contributed by atoms with van der Waals surface area (Å²) in [6.45, 7) is 8.22. The van der Waals surface area contributed by atoms with Crippen LogP contribution in [0.4, 0.5) is 0 Å². The van der Waals surface area contributed by atoms with Gasteiger partial charge in [0, 0.05) is 18.3 Å². The topological polar surface area (TPSA) is 42.2 Å². The Labute approximate surface area is 127 Å². The van der Waals surface area contributed by atoms with Crippen molar-refractivity contribution in [3.05, 3.63) is 53.7 Å². The van der Waals surface area contributed by atoms with E-state index in [4.69, 9.17) is 5.73 Å². The molecule has 1 aromatic carbocycles. The molecule has 0 unspecified atom stereocenters. The van der Waals surface area contributed by atoms with Crippen LogP contribution in [0.1, 0.15) is 25.0 Å². The second-order valence-electron chi connectivity index (χ2n) is 5.21. The van der Waals surface area contributed by atoms with E-state index in [0.29, 0.717) is 6.54 Å². The summed E-state index contributed by atoms with van der Waals surface area (Å²) in [5.41, 5.74) is 10.5. The molecular weight excluding hydrogens is 258 g/mol. The van der Waals surface area contributed by atoms with E-state index >= 15 is 0 Å². The third kappa shape index (κ3) is 4.13. The molecule has 2 rings (SSSR count). The molecule has 3 heteroatoms. The number of hydrogen-bond acceptors (Lipinski definition) is 3. The van der Waals surface area contributed by atoms with Gasteiger partial charge in [0.05, 0.1) is 5.69 Å². The Morgan fingerprint density at radius 1 is 1.05 bits per heavy atom. The molecule has 0 radical (unpaired) electrons. The second-order valence-corrected chi connectivity index (χ2v) is 5.21. The third-order valence-corrected chi connectivity index (χ3v) is 3.83. The second kappa shape index (κ2) is 7.91. The first-order chi connectivity index (χ1) is 10.3. The highest BCUT2D eigenvalue weighted by molar-refractivity contribution is 5.63. The molecule has 0 atom stereocenters. The first-order valence-electron chi connectivity index (χ1n) is 7.74. The van der Waals surface area contributed by atoms with E-state index in [9.17, 15) is 0 Å². The number of aromatic nitrogens is 1. The highest BCUT2D eigenvalue weighted by Gasteiger charge is 2.06. The number of benzene rings is 1. The van der Waals surface area contributed by atoms with Gasteiger partial charge in [0.2, 0.25) is 0 Å². The highest BCUT2D eigenvalue weighted by atomic mass is 15.1. The quantitative estimate of drug-likeness (QED) is 0.849. The van der Waals surface area contributed by atoms with Crippen LogP contribution in [0.3, 0.4) is 0 Å². The third-order valence-electron chi connectivity index (χ3n) is 3.83. The van der Waals surface area contributed by atoms with Crippen LogP contribution in [0.15, 0.2) is 42.6 Å². The predicted octanol–water partition coefficient (Wildman–Crippen LogP) is 3.09. The minimum Gasteiger partial charge on any atom is -0.330 e. The standard InChI is InChI=1S/C18H25N3/c1-3-21(4-2)14-15-7-9-17(10-8-15)18-16(11-12-19)6-5-13-20-18/h5-10,13H,3-4,11-12,14,19H2,1-2H3.